The van der Waals surface area contributed by atoms with Gasteiger partial charge in [0.1, 0.15) is 0 Å². The van der Waals surface area contributed by atoms with Gasteiger partial charge in [-0.2, -0.15) is 0 Å². The summed E-state index contributed by atoms with van der Waals surface area (Å²) >= 11 is 0. The number of urea groups is 1. The average molecular weight is 252 g/mol. The fourth-order valence-electron chi connectivity index (χ4n) is 3.50. The normalized spacial score (nSPS) is 35.2. The van der Waals surface area contributed by atoms with E-state index in [2.05, 4.69) is 27.5 Å². The zero-order valence-corrected chi connectivity index (χ0v) is 11.2. The molecule has 3 aliphatic rings. The molecule has 3 rings (SSSR count). The summed E-state index contributed by atoms with van der Waals surface area (Å²) in [7, 11) is 2.18. The van der Waals surface area contributed by atoms with Crippen LogP contribution < -0.4 is 10.6 Å². The zero-order chi connectivity index (χ0) is 12.5. The standard InChI is InChI=1S/C13H24N4O/c1-16-6-3-10(4-7-16)12-9-17(13(18)15-12)11-2-5-14-8-11/h10-12,14H,2-9H2,1H3,(H,15,18). The van der Waals surface area contributed by atoms with Gasteiger partial charge in [-0.3, -0.25) is 0 Å². The van der Waals surface area contributed by atoms with Crippen LogP contribution in [0.25, 0.3) is 0 Å². The topological polar surface area (TPSA) is 47.6 Å². The second-order valence-electron chi connectivity index (χ2n) is 6.00. The molecule has 2 unspecified atom stereocenters. The van der Waals surface area contributed by atoms with Gasteiger partial charge in [0.2, 0.25) is 0 Å². The van der Waals surface area contributed by atoms with E-state index < -0.39 is 0 Å². The molecule has 102 valence electrons. The number of likely N-dealkylation sites (tertiary alicyclic amines) is 1. The lowest BCUT2D eigenvalue weighted by Gasteiger charge is -2.32. The third-order valence-electron chi connectivity index (χ3n) is 4.77. The maximum absolute atomic E-state index is 12.1. The minimum absolute atomic E-state index is 0.160. The minimum Gasteiger partial charge on any atom is -0.333 e. The van der Waals surface area contributed by atoms with Crippen molar-refractivity contribution in [3.8, 4) is 0 Å². The molecule has 2 atom stereocenters. The van der Waals surface area contributed by atoms with Crippen LogP contribution in [0.5, 0.6) is 0 Å². The van der Waals surface area contributed by atoms with Crippen molar-refractivity contribution >= 4 is 6.03 Å². The lowest BCUT2D eigenvalue weighted by molar-refractivity contribution is 0.185. The molecule has 18 heavy (non-hydrogen) atoms. The van der Waals surface area contributed by atoms with Crippen molar-refractivity contribution in [2.75, 3.05) is 39.8 Å². The van der Waals surface area contributed by atoms with E-state index in [0.717, 1.165) is 26.1 Å². The van der Waals surface area contributed by atoms with Crippen LogP contribution in [0.15, 0.2) is 0 Å². The third kappa shape index (κ3) is 2.34. The van der Waals surface area contributed by atoms with Crippen LogP contribution in [-0.2, 0) is 0 Å². The number of carbonyl (C=O) groups is 1. The highest BCUT2D eigenvalue weighted by Gasteiger charge is 2.38. The van der Waals surface area contributed by atoms with E-state index in [1.807, 2.05) is 0 Å². The van der Waals surface area contributed by atoms with Gasteiger partial charge in [0.05, 0.1) is 6.04 Å². The Kier molecular flexibility index (Phi) is 3.43. The van der Waals surface area contributed by atoms with Gasteiger partial charge in [0.15, 0.2) is 0 Å². The van der Waals surface area contributed by atoms with Gasteiger partial charge < -0.3 is 20.4 Å². The van der Waals surface area contributed by atoms with E-state index >= 15 is 0 Å². The second kappa shape index (κ2) is 5.05. The first kappa shape index (κ1) is 12.2. The van der Waals surface area contributed by atoms with Crippen LogP contribution in [0.1, 0.15) is 19.3 Å². The smallest absolute Gasteiger partial charge is 0.318 e. The van der Waals surface area contributed by atoms with E-state index in [4.69, 9.17) is 0 Å². The van der Waals surface area contributed by atoms with E-state index in [9.17, 15) is 4.79 Å². The van der Waals surface area contributed by atoms with Gasteiger partial charge >= 0.3 is 6.03 Å². The van der Waals surface area contributed by atoms with E-state index in [0.29, 0.717) is 18.0 Å². The number of nitrogens with one attached hydrogen (secondary N) is 2. The Morgan fingerprint density at radius 2 is 2.00 bits per heavy atom. The molecule has 0 aromatic heterocycles. The van der Waals surface area contributed by atoms with Crippen molar-refractivity contribution < 1.29 is 4.79 Å². The molecular formula is C13H24N4O. The van der Waals surface area contributed by atoms with E-state index in [-0.39, 0.29) is 6.03 Å². The number of hydrogen-bond donors (Lipinski definition) is 2. The summed E-state index contributed by atoms with van der Waals surface area (Å²) in [5, 5.41) is 6.55. The predicted octanol–water partition coefficient (Wildman–Crippen LogP) is 0.0839. The third-order valence-corrected chi connectivity index (χ3v) is 4.77. The summed E-state index contributed by atoms with van der Waals surface area (Å²) in [6, 6.07) is 0.959. The van der Waals surface area contributed by atoms with Crippen molar-refractivity contribution in [1.82, 2.24) is 20.4 Å². The molecule has 2 N–H and O–H groups in total. The van der Waals surface area contributed by atoms with Gasteiger partial charge in [0.25, 0.3) is 0 Å². The second-order valence-corrected chi connectivity index (χ2v) is 6.00. The molecule has 0 aromatic carbocycles. The monoisotopic (exact) mass is 252 g/mol. The molecule has 5 nitrogen and oxygen atoms in total. The molecule has 3 fully saturated rings. The maximum atomic E-state index is 12.1. The van der Waals surface area contributed by atoms with Gasteiger partial charge in [-0.15, -0.1) is 0 Å². The fraction of sp³-hybridized carbons (Fsp3) is 0.923. The summed E-state index contributed by atoms with van der Waals surface area (Å²) < 4.78 is 0. The first-order valence-corrected chi connectivity index (χ1v) is 7.20. The molecule has 3 heterocycles. The Morgan fingerprint density at radius 3 is 2.67 bits per heavy atom. The zero-order valence-electron chi connectivity index (χ0n) is 11.2. The minimum atomic E-state index is 0.160. The molecule has 3 aliphatic heterocycles. The van der Waals surface area contributed by atoms with Crippen molar-refractivity contribution in [3.05, 3.63) is 0 Å². The number of rotatable bonds is 2. The van der Waals surface area contributed by atoms with E-state index in [1.165, 1.54) is 25.9 Å². The summed E-state index contributed by atoms with van der Waals surface area (Å²) in [4.78, 5) is 16.5. The Bertz CT molecular complexity index is 308. The van der Waals surface area contributed by atoms with Gasteiger partial charge in [0, 0.05) is 19.1 Å². The largest absolute Gasteiger partial charge is 0.333 e. The van der Waals surface area contributed by atoms with Gasteiger partial charge in [-0.1, -0.05) is 0 Å². The fourth-order valence-corrected chi connectivity index (χ4v) is 3.50. The summed E-state index contributed by atoms with van der Waals surface area (Å²) in [5.74, 6) is 0.671. The molecule has 0 saturated carbocycles. The Balaban J connectivity index is 1.57. The van der Waals surface area contributed by atoms with Gasteiger partial charge in [-0.25, -0.2) is 4.79 Å². The summed E-state index contributed by atoms with van der Waals surface area (Å²) in [5.41, 5.74) is 0. The SMILES string of the molecule is CN1CCC(C2CN(C3CCNC3)C(=O)N2)CC1. The van der Waals surface area contributed by atoms with Crippen LogP contribution in [0, 0.1) is 5.92 Å². The first-order valence-electron chi connectivity index (χ1n) is 7.20. The Hall–Kier alpha value is -0.810. The molecule has 0 bridgehead atoms. The molecule has 0 radical (unpaired) electrons. The highest BCUT2D eigenvalue weighted by molar-refractivity contribution is 5.77. The molecule has 3 saturated heterocycles. The predicted molar refractivity (Wildman–Crippen MR) is 70.5 cm³/mol. The van der Waals surface area contributed by atoms with Crippen molar-refractivity contribution in [3.63, 3.8) is 0 Å². The number of amides is 2. The lowest BCUT2D eigenvalue weighted by atomic mass is 9.90. The van der Waals surface area contributed by atoms with Crippen molar-refractivity contribution in [2.24, 2.45) is 5.92 Å². The maximum Gasteiger partial charge on any atom is 0.318 e. The van der Waals surface area contributed by atoms with Crippen LogP contribution in [-0.4, -0.2) is 67.7 Å². The molecular weight excluding hydrogens is 228 g/mol. The number of piperidine rings is 1. The van der Waals surface area contributed by atoms with Crippen LogP contribution in [0.3, 0.4) is 0 Å². The van der Waals surface area contributed by atoms with Crippen LogP contribution in [0.2, 0.25) is 0 Å². The Labute approximate surface area is 109 Å². The van der Waals surface area contributed by atoms with Crippen molar-refractivity contribution in [2.45, 2.75) is 31.3 Å². The van der Waals surface area contributed by atoms with Crippen LogP contribution >= 0.6 is 0 Å². The number of nitrogens with zero attached hydrogens (tertiary/aromatic N) is 2. The Morgan fingerprint density at radius 1 is 1.22 bits per heavy atom. The molecule has 0 aliphatic carbocycles. The number of carbonyl (C=O) groups excluding carboxylic acids is 1. The number of hydrogen-bond acceptors (Lipinski definition) is 3. The molecule has 5 heteroatoms. The average Bonchev–Trinajstić information content (AvgIpc) is 2.99. The van der Waals surface area contributed by atoms with Crippen molar-refractivity contribution in [1.29, 1.82) is 0 Å². The summed E-state index contributed by atoms with van der Waals surface area (Å²) in [6.45, 7) is 5.27. The highest BCUT2D eigenvalue weighted by Crippen LogP contribution is 2.25. The van der Waals surface area contributed by atoms with Crippen LogP contribution in [0.4, 0.5) is 4.79 Å². The van der Waals surface area contributed by atoms with Gasteiger partial charge in [-0.05, 0) is 51.9 Å². The quantitative estimate of drug-likeness (QED) is 0.732. The first-order chi connectivity index (χ1) is 8.74. The molecule has 0 aromatic rings. The lowest BCUT2D eigenvalue weighted by Crippen LogP contribution is -2.41. The molecule has 0 spiro atoms. The van der Waals surface area contributed by atoms with E-state index in [1.54, 1.807) is 0 Å². The highest BCUT2D eigenvalue weighted by atomic mass is 16.2. The summed E-state index contributed by atoms with van der Waals surface area (Å²) in [6.07, 6.45) is 3.55. The molecule has 2 amide bonds.